The van der Waals surface area contributed by atoms with E-state index in [0.717, 1.165) is 35.5 Å². The Labute approximate surface area is 167 Å². The Hall–Kier alpha value is -2.86. The number of imide groups is 2. The number of nitrogens with zero attached hydrogens (tertiary/aromatic N) is 2. The number of fused-ring (bicyclic) bond motifs is 4. The van der Waals surface area contributed by atoms with Crippen LogP contribution in [0.1, 0.15) is 18.4 Å². The van der Waals surface area contributed by atoms with Crippen LogP contribution in [0.3, 0.4) is 0 Å². The average molecular weight is 396 g/mol. The average Bonchev–Trinajstić information content (AvgIpc) is 3.17. The Bertz CT molecular complexity index is 1020. The van der Waals surface area contributed by atoms with Crippen molar-refractivity contribution in [3.8, 4) is 0 Å². The number of hydrogen-bond acceptors (Lipinski definition) is 4. The van der Waals surface area contributed by atoms with E-state index in [9.17, 15) is 14.4 Å². The van der Waals surface area contributed by atoms with Gasteiger partial charge in [0.05, 0.1) is 11.7 Å². The molecule has 3 heterocycles. The quantitative estimate of drug-likeness (QED) is 0.753. The lowest BCUT2D eigenvalue weighted by Gasteiger charge is -2.49. The number of halogens is 1. The van der Waals surface area contributed by atoms with Crippen LogP contribution in [0, 0.1) is 5.41 Å². The molecule has 2 atom stereocenters. The zero-order valence-corrected chi connectivity index (χ0v) is 15.8. The standard InChI is InChI=1S/C21H18ClN3O3/c22-14-6-3-7-15(11-14)25-19(27)21(18(26)23-20(25)28)12-13-5-1-2-8-16(13)24-10-4-9-17(21)24/h1-3,5-8,11,17H,4,9-10,12H2,(H,23,26,28)/t17-,21-/m0/s1. The molecule has 4 amide bonds. The van der Waals surface area contributed by atoms with Crippen LogP contribution in [0.2, 0.25) is 5.02 Å². The summed E-state index contributed by atoms with van der Waals surface area (Å²) in [6.45, 7) is 0.787. The van der Waals surface area contributed by atoms with E-state index >= 15 is 0 Å². The first-order valence-corrected chi connectivity index (χ1v) is 9.70. The minimum absolute atomic E-state index is 0.273. The summed E-state index contributed by atoms with van der Waals surface area (Å²) < 4.78 is 0. The smallest absolute Gasteiger partial charge is 0.335 e. The highest BCUT2D eigenvalue weighted by molar-refractivity contribution is 6.33. The SMILES string of the molecule is O=C1NC(=O)[C@@]2(Cc3ccccc3N3CCC[C@H]32)C(=O)N1c1cccc(Cl)c1. The first kappa shape index (κ1) is 17.3. The van der Waals surface area contributed by atoms with E-state index in [4.69, 9.17) is 11.6 Å². The molecule has 6 nitrogen and oxygen atoms in total. The van der Waals surface area contributed by atoms with Crippen LogP contribution in [0.5, 0.6) is 0 Å². The van der Waals surface area contributed by atoms with Gasteiger partial charge in [-0.1, -0.05) is 35.9 Å². The maximum absolute atomic E-state index is 13.8. The van der Waals surface area contributed by atoms with Gasteiger partial charge in [0.2, 0.25) is 5.91 Å². The Kier molecular flexibility index (Phi) is 3.74. The van der Waals surface area contributed by atoms with Crippen molar-refractivity contribution in [2.24, 2.45) is 5.41 Å². The molecule has 0 aromatic heterocycles. The van der Waals surface area contributed by atoms with Gasteiger partial charge in [-0.25, -0.2) is 9.69 Å². The fourth-order valence-electron chi connectivity index (χ4n) is 4.88. The molecule has 0 aliphatic carbocycles. The van der Waals surface area contributed by atoms with E-state index in [1.807, 2.05) is 24.3 Å². The number of hydrogen-bond donors (Lipinski definition) is 1. The van der Waals surface area contributed by atoms with Crippen LogP contribution in [0.4, 0.5) is 16.2 Å². The number of rotatable bonds is 1. The van der Waals surface area contributed by atoms with Crippen molar-refractivity contribution < 1.29 is 14.4 Å². The van der Waals surface area contributed by atoms with Gasteiger partial charge in [-0.3, -0.25) is 14.9 Å². The normalized spacial score (nSPS) is 26.3. The molecule has 2 aromatic rings. The minimum Gasteiger partial charge on any atom is -0.367 e. The molecule has 2 aromatic carbocycles. The molecule has 0 bridgehead atoms. The van der Waals surface area contributed by atoms with Gasteiger partial charge >= 0.3 is 6.03 Å². The third-order valence-corrected chi connectivity index (χ3v) is 6.31. The first-order valence-electron chi connectivity index (χ1n) is 9.32. The number of benzene rings is 2. The Morgan fingerprint density at radius 1 is 1.07 bits per heavy atom. The van der Waals surface area contributed by atoms with Crippen LogP contribution in [0.25, 0.3) is 0 Å². The number of urea groups is 1. The molecule has 2 fully saturated rings. The summed E-state index contributed by atoms with van der Waals surface area (Å²) in [5.41, 5.74) is 1.05. The lowest BCUT2D eigenvalue weighted by molar-refractivity contribution is -0.144. The molecule has 7 heteroatoms. The van der Waals surface area contributed by atoms with E-state index in [1.165, 1.54) is 0 Å². The lowest BCUT2D eigenvalue weighted by atomic mass is 9.68. The summed E-state index contributed by atoms with van der Waals surface area (Å²) in [6, 6.07) is 13.4. The molecular weight excluding hydrogens is 378 g/mol. The monoisotopic (exact) mass is 395 g/mol. The minimum atomic E-state index is -1.33. The zero-order chi connectivity index (χ0) is 19.5. The molecular formula is C21H18ClN3O3. The van der Waals surface area contributed by atoms with Gasteiger partial charge in [0.1, 0.15) is 0 Å². The zero-order valence-electron chi connectivity index (χ0n) is 15.0. The van der Waals surface area contributed by atoms with Gasteiger partial charge in [-0.05, 0) is 49.1 Å². The van der Waals surface area contributed by atoms with Crippen molar-refractivity contribution >= 4 is 40.8 Å². The summed E-state index contributed by atoms with van der Waals surface area (Å²) in [5, 5.41) is 2.86. The summed E-state index contributed by atoms with van der Waals surface area (Å²) in [4.78, 5) is 42.7. The van der Waals surface area contributed by atoms with Crippen molar-refractivity contribution in [3.63, 3.8) is 0 Å². The maximum atomic E-state index is 13.8. The van der Waals surface area contributed by atoms with Crippen molar-refractivity contribution in [1.29, 1.82) is 0 Å². The number of amides is 4. The third-order valence-electron chi connectivity index (χ3n) is 6.07. The highest BCUT2D eigenvalue weighted by Gasteiger charge is 2.62. The predicted octanol–water partition coefficient (Wildman–Crippen LogP) is 3.13. The highest BCUT2D eigenvalue weighted by atomic mass is 35.5. The van der Waals surface area contributed by atoms with Crippen LogP contribution < -0.4 is 15.1 Å². The first-order chi connectivity index (χ1) is 13.5. The lowest BCUT2D eigenvalue weighted by Crippen LogP contribution is -2.71. The van der Waals surface area contributed by atoms with Gasteiger partial charge in [0.25, 0.3) is 5.91 Å². The molecule has 28 heavy (non-hydrogen) atoms. The number of nitrogens with one attached hydrogen (secondary N) is 1. The largest absolute Gasteiger partial charge is 0.367 e. The van der Waals surface area contributed by atoms with Gasteiger partial charge in [-0.15, -0.1) is 0 Å². The maximum Gasteiger partial charge on any atom is 0.335 e. The Morgan fingerprint density at radius 3 is 2.71 bits per heavy atom. The van der Waals surface area contributed by atoms with E-state index in [2.05, 4.69) is 10.2 Å². The second-order valence-corrected chi connectivity index (χ2v) is 7.94. The third kappa shape index (κ3) is 2.24. The van der Waals surface area contributed by atoms with Crippen molar-refractivity contribution in [2.45, 2.75) is 25.3 Å². The molecule has 3 aliphatic heterocycles. The molecule has 3 aliphatic rings. The fraction of sp³-hybridized carbons (Fsp3) is 0.286. The van der Waals surface area contributed by atoms with Crippen LogP contribution in [-0.2, 0) is 16.0 Å². The number of barbiturate groups is 1. The van der Waals surface area contributed by atoms with Gasteiger partial charge < -0.3 is 4.90 Å². The summed E-state index contributed by atoms with van der Waals surface area (Å²) in [6.07, 6.45) is 1.90. The molecule has 142 valence electrons. The predicted molar refractivity (Wildman–Crippen MR) is 105 cm³/mol. The molecule has 1 spiro atoms. The van der Waals surface area contributed by atoms with Crippen molar-refractivity contribution in [1.82, 2.24) is 5.32 Å². The molecule has 0 radical (unpaired) electrons. The second kappa shape index (κ2) is 6.07. The summed E-state index contributed by atoms with van der Waals surface area (Å²) >= 11 is 6.08. The van der Waals surface area contributed by atoms with Gasteiger partial charge in [0, 0.05) is 17.3 Å². The highest BCUT2D eigenvalue weighted by Crippen LogP contribution is 2.48. The van der Waals surface area contributed by atoms with Crippen molar-refractivity contribution in [3.05, 3.63) is 59.1 Å². The summed E-state index contributed by atoms with van der Waals surface area (Å²) in [7, 11) is 0. The number of carbonyl (C=O) groups is 3. The van der Waals surface area contributed by atoms with Gasteiger partial charge in [-0.2, -0.15) is 0 Å². The number of para-hydroxylation sites is 1. The fourth-order valence-corrected chi connectivity index (χ4v) is 5.06. The van der Waals surface area contributed by atoms with E-state index in [-0.39, 0.29) is 12.5 Å². The van der Waals surface area contributed by atoms with Crippen LogP contribution in [-0.4, -0.2) is 30.4 Å². The van der Waals surface area contributed by atoms with Crippen LogP contribution >= 0.6 is 11.6 Å². The topological polar surface area (TPSA) is 69.7 Å². The second-order valence-electron chi connectivity index (χ2n) is 7.51. The molecule has 5 rings (SSSR count). The molecule has 0 saturated carbocycles. The van der Waals surface area contributed by atoms with Gasteiger partial charge in [0.15, 0.2) is 5.41 Å². The van der Waals surface area contributed by atoms with Crippen molar-refractivity contribution in [2.75, 3.05) is 16.3 Å². The Balaban J connectivity index is 1.67. The number of carbonyl (C=O) groups excluding carboxylic acids is 3. The van der Waals surface area contributed by atoms with E-state index in [0.29, 0.717) is 10.7 Å². The van der Waals surface area contributed by atoms with E-state index < -0.39 is 23.3 Å². The Morgan fingerprint density at radius 2 is 1.89 bits per heavy atom. The molecule has 2 saturated heterocycles. The molecule has 1 N–H and O–H groups in total. The molecule has 0 unspecified atom stereocenters. The van der Waals surface area contributed by atoms with Crippen LogP contribution in [0.15, 0.2) is 48.5 Å². The number of anilines is 2. The van der Waals surface area contributed by atoms with E-state index in [1.54, 1.807) is 24.3 Å². The summed E-state index contributed by atoms with van der Waals surface area (Å²) in [5.74, 6) is -0.984.